The molecule has 0 atom stereocenters. The summed E-state index contributed by atoms with van der Waals surface area (Å²) in [5, 5.41) is 2.49. The van der Waals surface area contributed by atoms with Crippen molar-refractivity contribution in [2.75, 3.05) is 6.54 Å². The van der Waals surface area contributed by atoms with Crippen LogP contribution in [0.2, 0.25) is 0 Å². The monoisotopic (exact) mass is 222 g/mol. The highest BCUT2D eigenvalue weighted by molar-refractivity contribution is 6.22. The first-order chi connectivity index (χ1) is 7.41. The molecule has 0 saturated carbocycles. The maximum Gasteiger partial charge on any atom is 0.267 e. The minimum absolute atomic E-state index is 0.131. The van der Waals surface area contributed by atoms with Crippen molar-refractivity contribution in [2.24, 2.45) is 0 Å². The molecule has 1 N–H and O–H groups in total. The van der Waals surface area contributed by atoms with E-state index in [0.29, 0.717) is 17.7 Å². The summed E-state index contributed by atoms with van der Waals surface area (Å²) in [6.45, 7) is 8.74. The summed E-state index contributed by atoms with van der Waals surface area (Å²) >= 11 is 0. The average molecular weight is 222 g/mol. The Balaban J connectivity index is 2.94. The molecule has 0 aromatic carbocycles. The Morgan fingerprint density at radius 3 is 2.06 bits per heavy atom. The van der Waals surface area contributed by atoms with Crippen LogP contribution in [0.3, 0.4) is 0 Å². The van der Waals surface area contributed by atoms with Gasteiger partial charge < -0.3 is 5.32 Å². The molecule has 5 heteroatoms. The van der Waals surface area contributed by atoms with Gasteiger partial charge >= 0.3 is 0 Å². The fourth-order valence-corrected chi connectivity index (χ4v) is 1.36. The normalized spacial score (nSPS) is 15.8. The lowest BCUT2D eigenvalue weighted by Gasteiger charge is -2.16. The number of carbonyl (C=O) groups excluding carboxylic acids is 3. The molecular weight excluding hydrogens is 208 g/mol. The molecule has 5 nitrogen and oxygen atoms in total. The van der Waals surface area contributed by atoms with E-state index in [0.717, 1.165) is 4.90 Å². The van der Waals surface area contributed by atoms with Crippen molar-refractivity contribution in [3.8, 4) is 0 Å². The number of likely N-dealkylation sites (N-methyl/N-ethyl adjacent to an activating group) is 1. The van der Waals surface area contributed by atoms with Crippen LogP contribution in [-0.2, 0) is 14.4 Å². The van der Waals surface area contributed by atoms with Gasteiger partial charge in [0, 0.05) is 17.7 Å². The lowest BCUT2D eigenvalue weighted by atomic mass is 10.2. The second-order valence-corrected chi connectivity index (χ2v) is 3.50. The van der Waals surface area contributed by atoms with Crippen molar-refractivity contribution < 1.29 is 14.4 Å². The Labute approximate surface area is 93.8 Å². The first kappa shape index (κ1) is 12.2. The van der Waals surface area contributed by atoms with E-state index in [1.165, 1.54) is 0 Å². The molecule has 0 saturated heterocycles. The summed E-state index contributed by atoms with van der Waals surface area (Å²) in [5.74, 6) is -1.45. The zero-order valence-electron chi connectivity index (χ0n) is 9.59. The zero-order chi connectivity index (χ0) is 12.5. The molecule has 1 aliphatic heterocycles. The Bertz CT molecular complexity index is 397. The SMILES string of the molecule is C=C(C(=O)NCC)N1C(=O)C(C)=C(C)C1=O. The lowest BCUT2D eigenvalue weighted by molar-refractivity contribution is -0.138. The minimum atomic E-state index is -0.508. The van der Waals surface area contributed by atoms with Gasteiger partial charge in [-0.1, -0.05) is 6.58 Å². The second-order valence-electron chi connectivity index (χ2n) is 3.50. The molecule has 0 aromatic rings. The van der Waals surface area contributed by atoms with E-state index < -0.39 is 17.7 Å². The highest BCUT2D eigenvalue weighted by atomic mass is 16.2. The molecule has 0 bridgehead atoms. The van der Waals surface area contributed by atoms with Crippen molar-refractivity contribution in [1.82, 2.24) is 10.2 Å². The molecule has 86 valence electrons. The van der Waals surface area contributed by atoms with Gasteiger partial charge in [-0.3, -0.25) is 14.4 Å². The van der Waals surface area contributed by atoms with Crippen LogP contribution < -0.4 is 5.32 Å². The molecule has 1 rings (SSSR count). The van der Waals surface area contributed by atoms with Crippen molar-refractivity contribution in [3.63, 3.8) is 0 Å². The maximum absolute atomic E-state index is 11.7. The molecule has 0 aromatic heterocycles. The summed E-state index contributed by atoms with van der Waals surface area (Å²) < 4.78 is 0. The molecule has 0 spiro atoms. The Morgan fingerprint density at radius 2 is 1.69 bits per heavy atom. The van der Waals surface area contributed by atoms with Crippen LogP contribution in [-0.4, -0.2) is 29.2 Å². The maximum atomic E-state index is 11.7. The highest BCUT2D eigenvalue weighted by Gasteiger charge is 2.37. The summed E-state index contributed by atoms with van der Waals surface area (Å²) in [7, 11) is 0. The van der Waals surface area contributed by atoms with Gasteiger partial charge in [0.2, 0.25) is 0 Å². The smallest absolute Gasteiger partial charge is 0.267 e. The first-order valence-corrected chi connectivity index (χ1v) is 4.95. The number of amides is 3. The number of hydrogen-bond acceptors (Lipinski definition) is 3. The van der Waals surface area contributed by atoms with Crippen molar-refractivity contribution in [2.45, 2.75) is 20.8 Å². The molecule has 0 unspecified atom stereocenters. The second kappa shape index (κ2) is 4.30. The van der Waals surface area contributed by atoms with Gasteiger partial charge in [-0.15, -0.1) is 0 Å². The molecule has 0 radical (unpaired) electrons. The van der Waals surface area contributed by atoms with E-state index in [1.807, 2.05) is 0 Å². The van der Waals surface area contributed by atoms with Crippen LogP contribution in [0.4, 0.5) is 0 Å². The average Bonchev–Trinajstić information content (AvgIpc) is 2.43. The summed E-state index contributed by atoms with van der Waals surface area (Å²) in [5.41, 5.74) is 0.582. The van der Waals surface area contributed by atoms with Crippen LogP contribution in [0.15, 0.2) is 23.4 Å². The Hall–Kier alpha value is -1.91. The summed E-state index contributed by atoms with van der Waals surface area (Å²) in [6.07, 6.45) is 0. The Kier molecular flexibility index (Phi) is 3.27. The summed E-state index contributed by atoms with van der Waals surface area (Å²) in [6, 6.07) is 0. The first-order valence-electron chi connectivity index (χ1n) is 4.95. The van der Waals surface area contributed by atoms with Gasteiger partial charge in [-0.2, -0.15) is 0 Å². The molecule has 0 aliphatic carbocycles. The molecule has 1 aliphatic rings. The molecule has 16 heavy (non-hydrogen) atoms. The van der Waals surface area contributed by atoms with E-state index in [4.69, 9.17) is 0 Å². The van der Waals surface area contributed by atoms with Gasteiger partial charge in [0.15, 0.2) is 0 Å². The molecule has 3 amide bonds. The van der Waals surface area contributed by atoms with Crippen LogP contribution >= 0.6 is 0 Å². The number of carbonyl (C=O) groups is 3. The number of imide groups is 1. The van der Waals surface area contributed by atoms with E-state index in [1.54, 1.807) is 20.8 Å². The van der Waals surface area contributed by atoms with Crippen molar-refractivity contribution in [3.05, 3.63) is 23.4 Å². The molecular formula is C11H14N2O3. The predicted octanol–water partition coefficient (Wildman–Crippen LogP) is 0.341. The largest absolute Gasteiger partial charge is 0.351 e. The minimum Gasteiger partial charge on any atom is -0.351 e. The topological polar surface area (TPSA) is 66.5 Å². The summed E-state index contributed by atoms with van der Waals surface area (Å²) in [4.78, 5) is 35.6. The van der Waals surface area contributed by atoms with E-state index in [-0.39, 0.29) is 5.70 Å². The van der Waals surface area contributed by atoms with Crippen LogP contribution in [0, 0.1) is 0 Å². The van der Waals surface area contributed by atoms with Crippen molar-refractivity contribution in [1.29, 1.82) is 0 Å². The van der Waals surface area contributed by atoms with Gasteiger partial charge in [0.1, 0.15) is 5.70 Å². The van der Waals surface area contributed by atoms with Gasteiger partial charge in [-0.05, 0) is 20.8 Å². The number of hydrogen-bond donors (Lipinski definition) is 1. The third kappa shape index (κ3) is 1.76. The van der Waals surface area contributed by atoms with E-state index >= 15 is 0 Å². The van der Waals surface area contributed by atoms with Gasteiger partial charge in [0.05, 0.1) is 0 Å². The standard InChI is InChI=1S/C11H14N2O3/c1-5-12-9(14)8(4)13-10(15)6(2)7(3)11(13)16/h4-5H2,1-3H3,(H,12,14). The van der Waals surface area contributed by atoms with E-state index in [2.05, 4.69) is 11.9 Å². The number of rotatable bonds is 3. The molecule has 1 heterocycles. The highest BCUT2D eigenvalue weighted by Crippen LogP contribution is 2.22. The van der Waals surface area contributed by atoms with Gasteiger partial charge in [0.25, 0.3) is 17.7 Å². The van der Waals surface area contributed by atoms with Crippen LogP contribution in [0.25, 0.3) is 0 Å². The van der Waals surface area contributed by atoms with Crippen LogP contribution in [0.5, 0.6) is 0 Å². The number of nitrogens with zero attached hydrogens (tertiary/aromatic N) is 1. The number of nitrogens with one attached hydrogen (secondary N) is 1. The van der Waals surface area contributed by atoms with Crippen LogP contribution in [0.1, 0.15) is 20.8 Å². The van der Waals surface area contributed by atoms with E-state index in [9.17, 15) is 14.4 Å². The lowest BCUT2D eigenvalue weighted by Crippen LogP contribution is -2.38. The fourth-order valence-electron chi connectivity index (χ4n) is 1.36. The fraction of sp³-hybridized carbons (Fsp3) is 0.364. The molecule has 0 fully saturated rings. The predicted molar refractivity (Wildman–Crippen MR) is 58.1 cm³/mol. The zero-order valence-corrected chi connectivity index (χ0v) is 9.59. The Morgan fingerprint density at radius 1 is 1.25 bits per heavy atom. The third-order valence-corrected chi connectivity index (χ3v) is 2.48. The van der Waals surface area contributed by atoms with Gasteiger partial charge in [-0.25, -0.2) is 4.90 Å². The third-order valence-electron chi connectivity index (χ3n) is 2.48. The quantitative estimate of drug-likeness (QED) is 0.553. The van der Waals surface area contributed by atoms with Crippen molar-refractivity contribution >= 4 is 17.7 Å².